The van der Waals surface area contributed by atoms with Crippen LogP contribution in [0.2, 0.25) is 0 Å². The molecule has 0 amide bonds. The minimum atomic E-state index is -0.0849. The van der Waals surface area contributed by atoms with Gasteiger partial charge in [-0.2, -0.15) is 0 Å². The zero-order chi connectivity index (χ0) is 14.6. The summed E-state index contributed by atoms with van der Waals surface area (Å²) in [4.78, 5) is 4.62. The lowest BCUT2D eigenvalue weighted by molar-refractivity contribution is 0.311. The molecule has 1 aromatic heterocycles. The van der Waals surface area contributed by atoms with Gasteiger partial charge in [-0.3, -0.25) is 4.98 Å². The zero-order valence-corrected chi connectivity index (χ0v) is 13.2. The van der Waals surface area contributed by atoms with Crippen LogP contribution in [-0.2, 0) is 6.42 Å². The van der Waals surface area contributed by atoms with Gasteiger partial charge in [0.15, 0.2) is 0 Å². The summed E-state index contributed by atoms with van der Waals surface area (Å²) in [5, 5.41) is 0. The van der Waals surface area contributed by atoms with Gasteiger partial charge in [-0.15, -0.1) is 0 Å². The third kappa shape index (κ3) is 3.51. The van der Waals surface area contributed by atoms with Crippen LogP contribution in [0.25, 0.3) is 0 Å². The number of hydrogen-bond acceptors (Lipinski definition) is 3. The van der Waals surface area contributed by atoms with E-state index in [2.05, 4.69) is 11.9 Å². The normalized spacial score (nSPS) is 19.2. The van der Waals surface area contributed by atoms with E-state index in [1.54, 1.807) is 7.11 Å². The van der Waals surface area contributed by atoms with Crippen molar-refractivity contribution in [1.82, 2.24) is 4.98 Å². The fourth-order valence-electron chi connectivity index (χ4n) is 3.37. The summed E-state index contributed by atoms with van der Waals surface area (Å²) < 4.78 is 5.50. The third-order valence-electron chi connectivity index (χ3n) is 4.62. The van der Waals surface area contributed by atoms with Gasteiger partial charge in [0.25, 0.3) is 0 Å². The predicted octanol–water partition coefficient (Wildman–Crippen LogP) is 3.69. The number of aromatic nitrogens is 1. The minimum absolute atomic E-state index is 0.0849. The molecule has 0 bridgehead atoms. The topological polar surface area (TPSA) is 48.1 Å². The number of nitrogens with two attached hydrogens (primary N) is 1. The maximum Gasteiger partial charge on any atom is 0.128 e. The number of pyridine rings is 1. The van der Waals surface area contributed by atoms with E-state index in [0.29, 0.717) is 0 Å². The Labute approximate surface area is 122 Å². The van der Waals surface area contributed by atoms with Gasteiger partial charge < -0.3 is 10.5 Å². The zero-order valence-electron chi connectivity index (χ0n) is 13.2. The van der Waals surface area contributed by atoms with Gasteiger partial charge in [0.05, 0.1) is 7.11 Å². The molecule has 1 heterocycles. The van der Waals surface area contributed by atoms with Crippen molar-refractivity contribution in [3.8, 4) is 5.75 Å². The second-order valence-corrected chi connectivity index (χ2v) is 6.35. The molecular weight excluding hydrogens is 248 g/mol. The molecular formula is C17H28N2O. The quantitative estimate of drug-likeness (QED) is 0.916. The number of nitrogens with zero attached hydrogens (tertiary/aromatic N) is 1. The average molecular weight is 276 g/mol. The maximum atomic E-state index is 6.68. The van der Waals surface area contributed by atoms with E-state index in [4.69, 9.17) is 10.5 Å². The molecule has 0 atom stereocenters. The van der Waals surface area contributed by atoms with Gasteiger partial charge in [0, 0.05) is 35.0 Å². The van der Waals surface area contributed by atoms with Crippen LogP contribution in [0.15, 0.2) is 6.20 Å². The van der Waals surface area contributed by atoms with E-state index in [1.807, 2.05) is 13.1 Å². The molecule has 1 aromatic rings. The Morgan fingerprint density at radius 1 is 1.15 bits per heavy atom. The lowest BCUT2D eigenvalue weighted by atomic mass is 9.80. The lowest BCUT2D eigenvalue weighted by Crippen LogP contribution is -2.43. The fraction of sp³-hybridized carbons (Fsp3) is 0.706. The van der Waals surface area contributed by atoms with Crippen LogP contribution in [0.1, 0.15) is 61.8 Å². The molecule has 1 aliphatic rings. The Bertz CT molecular complexity index is 449. The van der Waals surface area contributed by atoms with Gasteiger partial charge >= 0.3 is 0 Å². The molecule has 0 radical (unpaired) electrons. The fourth-order valence-corrected chi connectivity index (χ4v) is 3.37. The van der Waals surface area contributed by atoms with E-state index in [0.717, 1.165) is 41.8 Å². The van der Waals surface area contributed by atoms with Gasteiger partial charge in [-0.25, -0.2) is 0 Å². The van der Waals surface area contributed by atoms with Crippen LogP contribution < -0.4 is 10.5 Å². The second-order valence-electron chi connectivity index (χ2n) is 6.35. The van der Waals surface area contributed by atoms with Gasteiger partial charge in [0.1, 0.15) is 5.75 Å². The summed E-state index contributed by atoms with van der Waals surface area (Å²) in [5.74, 6) is 0.962. The van der Waals surface area contributed by atoms with Crippen molar-refractivity contribution in [2.45, 2.75) is 70.8 Å². The standard InChI is InChI=1S/C17H28N2O/c1-13-12-19-15(14(2)16(13)20-3)11-17(18)9-7-5-4-6-8-10-17/h12H,4-11,18H2,1-3H3. The Morgan fingerprint density at radius 3 is 2.35 bits per heavy atom. The van der Waals surface area contributed by atoms with Crippen molar-refractivity contribution in [1.29, 1.82) is 0 Å². The third-order valence-corrected chi connectivity index (χ3v) is 4.62. The number of aryl methyl sites for hydroxylation is 1. The van der Waals surface area contributed by atoms with Gasteiger partial charge in [-0.1, -0.05) is 32.1 Å². The summed E-state index contributed by atoms with van der Waals surface area (Å²) in [5.41, 5.74) is 9.95. The summed E-state index contributed by atoms with van der Waals surface area (Å²) in [7, 11) is 1.73. The Morgan fingerprint density at radius 2 is 1.75 bits per heavy atom. The van der Waals surface area contributed by atoms with Gasteiger partial charge in [-0.05, 0) is 26.7 Å². The van der Waals surface area contributed by atoms with E-state index in [9.17, 15) is 0 Å². The molecule has 1 aliphatic carbocycles. The Hall–Kier alpha value is -1.09. The molecule has 0 unspecified atom stereocenters. The molecule has 0 spiro atoms. The molecule has 112 valence electrons. The minimum Gasteiger partial charge on any atom is -0.496 e. The van der Waals surface area contributed by atoms with Crippen LogP contribution >= 0.6 is 0 Å². The van der Waals surface area contributed by atoms with Crippen LogP contribution in [0, 0.1) is 13.8 Å². The van der Waals surface area contributed by atoms with Crippen molar-refractivity contribution in [3.63, 3.8) is 0 Å². The van der Waals surface area contributed by atoms with Crippen LogP contribution in [0.4, 0.5) is 0 Å². The summed E-state index contributed by atoms with van der Waals surface area (Å²) in [6.07, 6.45) is 11.5. The molecule has 3 heteroatoms. The van der Waals surface area contributed by atoms with Gasteiger partial charge in [0.2, 0.25) is 0 Å². The first-order valence-corrected chi connectivity index (χ1v) is 7.84. The van der Waals surface area contributed by atoms with Crippen molar-refractivity contribution in [2.75, 3.05) is 7.11 Å². The molecule has 0 aliphatic heterocycles. The Balaban J connectivity index is 2.19. The molecule has 0 saturated heterocycles. The smallest absolute Gasteiger partial charge is 0.128 e. The number of hydrogen-bond donors (Lipinski definition) is 1. The number of ether oxygens (including phenoxy) is 1. The summed E-state index contributed by atoms with van der Waals surface area (Å²) in [6.45, 7) is 4.14. The van der Waals surface area contributed by atoms with Crippen molar-refractivity contribution in [2.24, 2.45) is 5.73 Å². The number of rotatable bonds is 3. The highest BCUT2D eigenvalue weighted by Crippen LogP contribution is 2.31. The molecule has 20 heavy (non-hydrogen) atoms. The first-order valence-electron chi connectivity index (χ1n) is 7.84. The van der Waals surface area contributed by atoms with E-state index in [1.165, 1.54) is 32.1 Å². The molecule has 1 saturated carbocycles. The first kappa shape index (κ1) is 15.3. The van der Waals surface area contributed by atoms with Crippen molar-refractivity contribution in [3.05, 3.63) is 23.0 Å². The SMILES string of the molecule is COc1c(C)cnc(CC2(N)CCCCCCC2)c1C. The highest BCUT2D eigenvalue weighted by atomic mass is 16.5. The molecule has 0 aromatic carbocycles. The van der Waals surface area contributed by atoms with Crippen LogP contribution in [0.5, 0.6) is 5.75 Å². The van der Waals surface area contributed by atoms with E-state index < -0.39 is 0 Å². The molecule has 1 fully saturated rings. The highest BCUT2D eigenvalue weighted by molar-refractivity contribution is 5.41. The largest absolute Gasteiger partial charge is 0.496 e. The average Bonchev–Trinajstić information content (AvgIpc) is 2.39. The summed E-state index contributed by atoms with van der Waals surface area (Å²) >= 11 is 0. The lowest BCUT2D eigenvalue weighted by Gasteiger charge is -2.32. The summed E-state index contributed by atoms with van der Waals surface area (Å²) in [6, 6.07) is 0. The Kier molecular flexibility index (Phi) is 5.03. The van der Waals surface area contributed by atoms with Crippen molar-refractivity contribution >= 4 is 0 Å². The predicted molar refractivity (Wildman–Crippen MR) is 83.2 cm³/mol. The molecule has 2 rings (SSSR count). The second kappa shape index (κ2) is 6.57. The molecule has 2 N–H and O–H groups in total. The maximum absolute atomic E-state index is 6.68. The first-order chi connectivity index (χ1) is 9.56. The van der Waals surface area contributed by atoms with Crippen LogP contribution in [-0.4, -0.2) is 17.6 Å². The van der Waals surface area contributed by atoms with Crippen LogP contribution in [0.3, 0.4) is 0 Å². The number of methoxy groups -OCH3 is 1. The van der Waals surface area contributed by atoms with E-state index >= 15 is 0 Å². The molecule has 3 nitrogen and oxygen atoms in total. The highest BCUT2D eigenvalue weighted by Gasteiger charge is 2.27. The van der Waals surface area contributed by atoms with Crippen molar-refractivity contribution < 1.29 is 4.74 Å². The van der Waals surface area contributed by atoms with E-state index in [-0.39, 0.29) is 5.54 Å². The monoisotopic (exact) mass is 276 g/mol.